The second kappa shape index (κ2) is 12.3. The number of carbonyl (C=O) groups excluding carboxylic acids is 1. The molecule has 5 heterocycles. The first kappa shape index (κ1) is 30.8. The maximum atomic E-state index is 14.5. The molecule has 2 fully saturated rings. The highest BCUT2D eigenvalue weighted by molar-refractivity contribution is 7.98. The van der Waals surface area contributed by atoms with Crippen molar-refractivity contribution in [2.24, 2.45) is 13.0 Å². The van der Waals surface area contributed by atoms with Crippen molar-refractivity contribution in [2.75, 3.05) is 55.1 Å². The third kappa shape index (κ3) is 6.05. The Morgan fingerprint density at radius 2 is 2.02 bits per heavy atom. The third-order valence-corrected chi connectivity index (χ3v) is 9.74. The number of aromatic nitrogens is 4. The fourth-order valence-corrected chi connectivity index (χ4v) is 7.39. The van der Waals surface area contributed by atoms with Gasteiger partial charge in [0.2, 0.25) is 0 Å². The number of aryl methyl sites for hydroxylation is 1. The van der Waals surface area contributed by atoms with Gasteiger partial charge < -0.3 is 14.6 Å². The number of ether oxygens (including phenoxy) is 1. The van der Waals surface area contributed by atoms with Gasteiger partial charge in [-0.3, -0.25) is 14.6 Å². The Hall–Kier alpha value is -3.16. The van der Waals surface area contributed by atoms with Crippen molar-refractivity contribution in [2.45, 2.75) is 50.9 Å². The number of nitrogens with one attached hydrogen (secondary N) is 1. The third-order valence-electron chi connectivity index (χ3n) is 8.94. The number of piperidine rings is 1. The van der Waals surface area contributed by atoms with Crippen LogP contribution in [0, 0.1) is 5.92 Å². The number of carbonyl (C=O) groups is 1. The predicted octanol–water partition coefficient (Wildman–Crippen LogP) is 4.91. The molecule has 44 heavy (non-hydrogen) atoms. The number of nitrogens with zero attached hydrogens (tertiary/aromatic N) is 6. The van der Waals surface area contributed by atoms with Crippen LogP contribution in [0.1, 0.15) is 58.2 Å². The molecular weight excluding hydrogens is 591 g/mol. The van der Waals surface area contributed by atoms with Gasteiger partial charge in [0.05, 0.1) is 25.3 Å². The molecule has 2 saturated heterocycles. The molecule has 6 rings (SSSR count). The Bertz CT molecular complexity index is 1520. The van der Waals surface area contributed by atoms with Crippen LogP contribution in [-0.2, 0) is 42.9 Å². The van der Waals surface area contributed by atoms with Crippen LogP contribution in [0.2, 0.25) is 0 Å². The number of benzene rings is 1. The minimum Gasteiger partial charge on any atom is -0.379 e. The molecule has 1 amide bonds. The predicted molar refractivity (Wildman–Crippen MR) is 164 cm³/mol. The molecule has 236 valence electrons. The number of rotatable bonds is 10. The minimum atomic E-state index is -4.59. The number of hydrogen-bond donors (Lipinski definition) is 1. The van der Waals surface area contributed by atoms with Crippen LogP contribution in [-0.4, -0.2) is 75.4 Å². The largest absolute Gasteiger partial charge is 0.416 e. The van der Waals surface area contributed by atoms with Crippen LogP contribution in [0.15, 0.2) is 30.6 Å². The summed E-state index contributed by atoms with van der Waals surface area (Å²) in [6.45, 7) is 5.30. The van der Waals surface area contributed by atoms with Crippen LogP contribution in [0.5, 0.6) is 0 Å². The molecule has 1 aromatic carbocycles. The SMILES string of the molecule is CCNc1cc(C2(Cc3nncn3C)COC2)cc(N2Cc3c(cc(CN4CCC[C@H](CSC)C4)cc3C(F)(F)F)C2=O)n1. The number of amides is 1. The molecule has 13 heteroatoms. The number of likely N-dealkylation sites (tertiary alicyclic amines) is 1. The summed E-state index contributed by atoms with van der Waals surface area (Å²) in [5, 5.41) is 11.5. The summed E-state index contributed by atoms with van der Waals surface area (Å²) < 4.78 is 50.9. The number of hydrogen-bond acceptors (Lipinski definition) is 8. The molecule has 0 unspecified atom stereocenters. The number of halogens is 3. The Kier molecular flexibility index (Phi) is 8.64. The molecule has 9 nitrogen and oxygen atoms in total. The zero-order chi connectivity index (χ0) is 31.1. The van der Waals surface area contributed by atoms with E-state index in [1.165, 1.54) is 11.0 Å². The highest BCUT2D eigenvalue weighted by Crippen LogP contribution is 2.42. The molecule has 0 spiro atoms. The summed E-state index contributed by atoms with van der Waals surface area (Å²) in [5.74, 6) is 2.75. The van der Waals surface area contributed by atoms with Gasteiger partial charge in [-0.05, 0) is 85.2 Å². The first-order chi connectivity index (χ1) is 21.1. The van der Waals surface area contributed by atoms with Gasteiger partial charge in [-0.2, -0.15) is 24.9 Å². The summed E-state index contributed by atoms with van der Waals surface area (Å²) in [6, 6.07) is 6.65. The maximum absolute atomic E-state index is 14.5. The van der Waals surface area contributed by atoms with E-state index in [4.69, 9.17) is 4.74 Å². The lowest BCUT2D eigenvalue weighted by Crippen LogP contribution is -2.49. The number of alkyl halides is 3. The van der Waals surface area contributed by atoms with Crippen molar-refractivity contribution in [1.82, 2.24) is 24.6 Å². The standard InChI is InChI=1S/C31H38F3N7O2S/c1-4-35-26-10-22(30(17-43-18-30)12-28-38-36-19-39(28)2)11-27(37-26)41-15-24-23(29(41)42)8-21(9-25(24)31(32,33)34)14-40-7-5-6-20(13-40)16-44-3/h8-11,19-20H,4-7,12-18H2,1-3H3,(H,35,37)/t20-/m0/s1. The highest BCUT2D eigenvalue weighted by Gasteiger charge is 2.44. The second-order valence-corrected chi connectivity index (χ2v) is 13.1. The minimum absolute atomic E-state index is 0.00290. The van der Waals surface area contributed by atoms with E-state index in [2.05, 4.69) is 31.7 Å². The molecule has 3 aliphatic rings. The highest BCUT2D eigenvalue weighted by atomic mass is 32.2. The van der Waals surface area contributed by atoms with E-state index in [9.17, 15) is 18.0 Å². The van der Waals surface area contributed by atoms with Gasteiger partial charge in [-0.1, -0.05) is 0 Å². The molecule has 3 aromatic rings. The van der Waals surface area contributed by atoms with Gasteiger partial charge in [0, 0.05) is 44.1 Å². The number of thioether (sulfide) groups is 1. The lowest BCUT2D eigenvalue weighted by molar-refractivity contribution is -0.138. The van der Waals surface area contributed by atoms with Crippen LogP contribution in [0.3, 0.4) is 0 Å². The van der Waals surface area contributed by atoms with E-state index in [1.807, 2.05) is 30.7 Å². The van der Waals surface area contributed by atoms with Crippen molar-refractivity contribution in [3.63, 3.8) is 0 Å². The van der Waals surface area contributed by atoms with Gasteiger partial charge in [0.25, 0.3) is 5.91 Å². The Morgan fingerprint density at radius 3 is 2.68 bits per heavy atom. The van der Waals surface area contributed by atoms with Gasteiger partial charge in [0.1, 0.15) is 23.8 Å². The van der Waals surface area contributed by atoms with E-state index >= 15 is 0 Å². The first-order valence-corrected chi connectivity index (χ1v) is 16.4. The summed E-state index contributed by atoms with van der Waals surface area (Å²) in [7, 11) is 1.88. The van der Waals surface area contributed by atoms with Gasteiger partial charge in [-0.15, -0.1) is 10.2 Å². The smallest absolute Gasteiger partial charge is 0.379 e. The zero-order valence-electron chi connectivity index (χ0n) is 25.3. The van der Waals surface area contributed by atoms with Crippen molar-refractivity contribution < 1.29 is 22.7 Å². The van der Waals surface area contributed by atoms with Crippen LogP contribution < -0.4 is 10.2 Å². The summed E-state index contributed by atoms with van der Waals surface area (Å²) in [6.07, 6.45) is 1.85. The summed E-state index contributed by atoms with van der Waals surface area (Å²) >= 11 is 1.80. The average Bonchev–Trinajstić information content (AvgIpc) is 3.52. The van der Waals surface area contributed by atoms with E-state index in [0.717, 1.165) is 43.1 Å². The van der Waals surface area contributed by atoms with Gasteiger partial charge >= 0.3 is 6.18 Å². The molecule has 1 atom stereocenters. The number of pyridine rings is 1. The Morgan fingerprint density at radius 1 is 1.20 bits per heavy atom. The second-order valence-electron chi connectivity index (χ2n) is 12.2. The van der Waals surface area contributed by atoms with Crippen molar-refractivity contribution in [3.05, 3.63) is 64.2 Å². The monoisotopic (exact) mass is 629 g/mol. The number of fused-ring (bicyclic) bond motifs is 1. The normalized spacial score (nSPS) is 20.1. The van der Waals surface area contributed by atoms with Crippen LogP contribution in [0.25, 0.3) is 0 Å². The average molecular weight is 630 g/mol. The summed E-state index contributed by atoms with van der Waals surface area (Å²) in [4.78, 5) is 22.2. The molecule has 0 aliphatic carbocycles. The van der Waals surface area contributed by atoms with Gasteiger partial charge in [-0.25, -0.2) is 4.98 Å². The zero-order valence-corrected chi connectivity index (χ0v) is 26.1. The fraction of sp³-hybridized carbons (Fsp3) is 0.548. The lowest BCUT2D eigenvalue weighted by Gasteiger charge is -2.42. The van der Waals surface area contributed by atoms with Crippen molar-refractivity contribution >= 4 is 29.3 Å². The topological polar surface area (TPSA) is 88.4 Å². The van der Waals surface area contributed by atoms with E-state index < -0.39 is 23.1 Å². The van der Waals surface area contributed by atoms with E-state index in [1.54, 1.807) is 24.2 Å². The van der Waals surface area contributed by atoms with Crippen LogP contribution in [0.4, 0.5) is 24.8 Å². The van der Waals surface area contributed by atoms with Crippen LogP contribution >= 0.6 is 11.8 Å². The molecule has 0 saturated carbocycles. The van der Waals surface area contributed by atoms with Gasteiger partial charge in [0.15, 0.2) is 0 Å². The Labute approximate surface area is 259 Å². The molecule has 0 bridgehead atoms. The van der Waals surface area contributed by atoms with E-state index in [0.29, 0.717) is 55.8 Å². The Balaban J connectivity index is 1.33. The lowest BCUT2D eigenvalue weighted by atomic mass is 9.75. The molecular formula is C31H38F3N7O2S. The molecule has 0 radical (unpaired) electrons. The maximum Gasteiger partial charge on any atom is 0.416 e. The summed E-state index contributed by atoms with van der Waals surface area (Å²) in [5.41, 5.74) is 0.338. The number of anilines is 2. The first-order valence-electron chi connectivity index (χ1n) is 15.0. The molecule has 2 aromatic heterocycles. The molecule has 3 aliphatic heterocycles. The van der Waals surface area contributed by atoms with E-state index in [-0.39, 0.29) is 17.7 Å². The quantitative estimate of drug-likeness (QED) is 0.339. The van der Waals surface area contributed by atoms with Crippen molar-refractivity contribution in [1.29, 1.82) is 0 Å². The van der Waals surface area contributed by atoms with Crippen molar-refractivity contribution in [3.8, 4) is 0 Å². The fourth-order valence-electron chi connectivity index (χ4n) is 6.64. The molecule has 1 N–H and O–H groups in total.